The van der Waals surface area contributed by atoms with Crippen molar-refractivity contribution in [2.24, 2.45) is 5.41 Å². The van der Waals surface area contributed by atoms with E-state index in [1.165, 1.54) is 12.1 Å². The minimum Gasteiger partial charge on any atom is -0.341 e. The molecule has 1 aliphatic rings. The van der Waals surface area contributed by atoms with Crippen molar-refractivity contribution < 1.29 is 9.18 Å². The van der Waals surface area contributed by atoms with E-state index in [1.54, 1.807) is 17.0 Å². The van der Waals surface area contributed by atoms with Gasteiger partial charge < -0.3 is 10.2 Å². The Morgan fingerprint density at radius 3 is 2.67 bits per heavy atom. The smallest absolute Gasteiger partial charge is 0.230 e. The second-order valence-corrected chi connectivity index (χ2v) is 6.10. The lowest BCUT2D eigenvalue weighted by Crippen LogP contribution is -2.50. The number of halogens is 1. The summed E-state index contributed by atoms with van der Waals surface area (Å²) in [5, 5.41) is 3.37. The summed E-state index contributed by atoms with van der Waals surface area (Å²) in [6, 6.07) is 6.37. The number of amides is 1. The van der Waals surface area contributed by atoms with E-state index in [0.717, 1.165) is 44.3 Å². The molecule has 4 heteroatoms. The van der Waals surface area contributed by atoms with Crippen LogP contribution in [0.15, 0.2) is 24.3 Å². The largest absolute Gasteiger partial charge is 0.341 e. The van der Waals surface area contributed by atoms with Crippen molar-refractivity contribution in [1.82, 2.24) is 10.2 Å². The van der Waals surface area contributed by atoms with Gasteiger partial charge in [-0.3, -0.25) is 4.79 Å². The molecule has 0 saturated carbocycles. The van der Waals surface area contributed by atoms with Crippen molar-refractivity contribution in [1.29, 1.82) is 0 Å². The van der Waals surface area contributed by atoms with Gasteiger partial charge in [0, 0.05) is 20.1 Å². The summed E-state index contributed by atoms with van der Waals surface area (Å²) in [5.41, 5.74) is 0.699. The fraction of sp³-hybridized carbons (Fsp3) is 0.588. The van der Waals surface area contributed by atoms with Gasteiger partial charge in [0.2, 0.25) is 5.91 Å². The quantitative estimate of drug-likeness (QED) is 0.905. The van der Waals surface area contributed by atoms with Crippen molar-refractivity contribution in [3.05, 3.63) is 35.6 Å². The highest BCUT2D eigenvalue weighted by atomic mass is 19.1. The molecule has 0 aliphatic carbocycles. The average molecular weight is 292 g/mol. The predicted molar refractivity (Wildman–Crippen MR) is 82.3 cm³/mol. The van der Waals surface area contributed by atoms with Crippen molar-refractivity contribution in [3.8, 4) is 0 Å². The minimum atomic E-state index is -0.262. The van der Waals surface area contributed by atoms with Gasteiger partial charge in [-0.2, -0.15) is 0 Å². The molecule has 0 radical (unpaired) electrons. The normalized spacial score (nSPS) is 22.0. The maximum atomic E-state index is 12.9. The molecule has 1 saturated heterocycles. The third-order valence-electron chi connectivity index (χ3n) is 4.33. The van der Waals surface area contributed by atoms with Crippen molar-refractivity contribution in [2.75, 3.05) is 20.1 Å². The van der Waals surface area contributed by atoms with Crippen LogP contribution in [0.4, 0.5) is 4.39 Å². The van der Waals surface area contributed by atoms with E-state index < -0.39 is 0 Å². The van der Waals surface area contributed by atoms with Gasteiger partial charge in [0.05, 0.1) is 5.41 Å². The van der Waals surface area contributed by atoms with Gasteiger partial charge in [-0.15, -0.1) is 0 Å². The monoisotopic (exact) mass is 292 g/mol. The number of hydrogen-bond acceptors (Lipinski definition) is 2. The first kappa shape index (κ1) is 16.0. The summed E-state index contributed by atoms with van der Waals surface area (Å²) >= 11 is 0. The first-order valence-corrected chi connectivity index (χ1v) is 7.78. The summed E-state index contributed by atoms with van der Waals surface area (Å²) < 4.78 is 12.9. The van der Waals surface area contributed by atoms with Crippen LogP contribution < -0.4 is 5.32 Å². The number of nitrogens with one attached hydrogen (secondary N) is 1. The molecule has 1 atom stereocenters. The van der Waals surface area contributed by atoms with Gasteiger partial charge in [0.15, 0.2) is 0 Å². The van der Waals surface area contributed by atoms with Gasteiger partial charge >= 0.3 is 0 Å². The fourth-order valence-corrected chi connectivity index (χ4v) is 3.29. The number of piperidine rings is 1. The van der Waals surface area contributed by atoms with Gasteiger partial charge in [-0.25, -0.2) is 4.39 Å². The lowest BCUT2D eigenvalue weighted by atomic mass is 9.75. The lowest BCUT2D eigenvalue weighted by molar-refractivity contribution is -0.143. The first-order chi connectivity index (χ1) is 10.1. The Morgan fingerprint density at radius 2 is 2.10 bits per heavy atom. The molecule has 0 aromatic heterocycles. The summed E-state index contributed by atoms with van der Waals surface area (Å²) in [6.45, 7) is 4.43. The van der Waals surface area contributed by atoms with E-state index in [1.807, 2.05) is 7.05 Å². The van der Waals surface area contributed by atoms with Crippen molar-refractivity contribution in [2.45, 2.75) is 39.2 Å². The fourth-order valence-electron chi connectivity index (χ4n) is 3.29. The molecule has 1 fully saturated rings. The molecule has 1 heterocycles. The Morgan fingerprint density at radius 1 is 1.38 bits per heavy atom. The zero-order valence-corrected chi connectivity index (χ0v) is 13.0. The van der Waals surface area contributed by atoms with Crippen LogP contribution in [-0.4, -0.2) is 30.9 Å². The number of nitrogens with zero attached hydrogens (tertiary/aromatic N) is 1. The molecule has 0 spiro atoms. The van der Waals surface area contributed by atoms with Crippen LogP contribution in [-0.2, 0) is 11.3 Å². The highest BCUT2D eigenvalue weighted by Gasteiger charge is 2.40. The highest BCUT2D eigenvalue weighted by molar-refractivity contribution is 5.83. The Bertz CT molecular complexity index is 461. The van der Waals surface area contributed by atoms with Gasteiger partial charge in [0.25, 0.3) is 0 Å². The molecule has 1 aliphatic heterocycles. The zero-order chi connectivity index (χ0) is 15.3. The Labute approximate surface area is 126 Å². The third kappa shape index (κ3) is 3.82. The average Bonchev–Trinajstić information content (AvgIpc) is 2.50. The van der Waals surface area contributed by atoms with Crippen molar-refractivity contribution >= 4 is 5.91 Å². The van der Waals surface area contributed by atoms with E-state index in [2.05, 4.69) is 12.2 Å². The standard InChI is InChI=1S/C17H25FN2O/c1-3-9-17(10-4-11-19-13-17)16(21)20(2)12-14-5-7-15(18)8-6-14/h5-8,19H,3-4,9-13H2,1-2H3. The second-order valence-electron chi connectivity index (χ2n) is 6.10. The Kier molecular flexibility index (Phi) is 5.34. The molecule has 1 aromatic rings. The van der Waals surface area contributed by atoms with Crippen LogP contribution in [0.5, 0.6) is 0 Å². The predicted octanol–water partition coefficient (Wildman–Crippen LogP) is 2.95. The van der Waals surface area contributed by atoms with Crippen LogP contribution >= 0.6 is 0 Å². The molecular weight excluding hydrogens is 267 g/mol. The molecule has 1 N–H and O–H groups in total. The maximum absolute atomic E-state index is 12.9. The SMILES string of the molecule is CCCC1(C(=O)N(C)Cc2ccc(F)cc2)CCCNC1. The highest BCUT2D eigenvalue weighted by Crippen LogP contribution is 2.33. The second kappa shape index (κ2) is 7.03. The number of rotatable bonds is 5. The van der Waals surface area contributed by atoms with E-state index in [-0.39, 0.29) is 17.1 Å². The summed E-state index contributed by atoms with van der Waals surface area (Å²) in [4.78, 5) is 14.7. The van der Waals surface area contributed by atoms with E-state index in [0.29, 0.717) is 6.54 Å². The minimum absolute atomic E-state index is 0.209. The van der Waals surface area contributed by atoms with Crippen LogP contribution in [0.3, 0.4) is 0 Å². The Balaban J connectivity index is 2.07. The number of benzene rings is 1. The van der Waals surface area contributed by atoms with E-state index in [9.17, 15) is 9.18 Å². The molecule has 21 heavy (non-hydrogen) atoms. The maximum Gasteiger partial charge on any atom is 0.230 e. The van der Waals surface area contributed by atoms with Crippen molar-refractivity contribution in [3.63, 3.8) is 0 Å². The summed E-state index contributed by atoms with van der Waals surface area (Å²) in [5.74, 6) is -0.0347. The third-order valence-corrected chi connectivity index (χ3v) is 4.33. The lowest BCUT2D eigenvalue weighted by Gasteiger charge is -2.39. The van der Waals surface area contributed by atoms with Crippen LogP contribution in [0.2, 0.25) is 0 Å². The number of hydrogen-bond donors (Lipinski definition) is 1. The molecule has 1 aromatic carbocycles. The molecule has 1 unspecified atom stereocenters. The van der Waals surface area contributed by atoms with Crippen LogP contribution in [0.1, 0.15) is 38.2 Å². The summed E-state index contributed by atoms with van der Waals surface area (Å²) in [7, 11) is 1.84. The number of carbonyl (C=O) groups excluding carboxylic acids is 1. The van der Waals surface area contributed by atoms with Crippen LogP contribution in [0.25, 0.3) is 0 Å². The Hall–Kier alpha value is -1.42. The number of carbonyl (C=O) groups is 1. The molecule has 116 valence electrons. The first-order valence-electron chi connectivity index (χ1n) is 7.78. The van der Waals surface area contributed by atoms with Crippen LogP contribution in [0, 0.1) is 11.2 Å². The van der Waals surface area contributed by atoms with Gasteiger partial charge in [0.1, 0.15) is 5.82 Å². The van der Waals surface area contributed by atoms with Gasteiger partial charge in [-0.05, 0) is 43.5 Å². The topological polar surface area (TPSA) is 32.3 Å². The van der Waals surface area contributed by atoms with E-state index in [4.69, 9.17) is 0 Å². The molecule has 2 rings (SSSR count). The molecule has 3 nitrogen and oxygen atoms in total. The van der Waals surface area contributed by atoms with Gasteiger partial charge in [-0.1, -0.05) is 25.5 Å². The molecule has 1 amide bonds. The zero-order valence-electron chi connectivity index (χ0n) is 13.0. The van der Waals surface area contributed by atoms with E-state index >= 15 is 0 Å². The molecular formula is C17H25FN2O. The summed E-state index contributed by atoms with van der Waals surface area (Å²) in [6.07, 6.45) is 3.95. The molecule has 0 bridgehead atoms.